The van der Waals surface area contributed by atoms with Gasteiger partial charge in [0.05, 0.1) is 24.2 Å². The topological polar surface area (TPSA) is 109 Å². The quantitative estimate of drug-likeness (QED) is 0.713. The predicted octanol–water partition coefficient (Wildman–Crippen LogP) is 1.95. The van der Waals surface area contributed by atoms with Crippen LogP contribution >= 0.6 is 0 Å². The molecule has 2 N–H and O–H groups in total. The van der Waals surface area contributed by atoms with Gasteiger partial charge in [0, 0.05) is 18.7 Å². The Morgan fingerprint density at radius 2 is 1.81 bits per heavy atom. The molecule has 1 aromatic carbocycles. The molecule has 0 bridgehead atoms. The lowest BCUT2D eigenvalue weighted by atomic mass is 10.3. The molecule has 2 aromatic rings. The van der Waals surface area contributed by atoms with Crippen molar-refractivity contribution in [1.29, 1.82) is 0 Å². The first kappa shape index (κ1) is 20.7. The van der Waals surface area contributed by atoms with E-state index in [9.17, 15) is 18.0 Å². The number of anilines is 1. The summed E-state index contributed by atoms with van der Waals surface area (Å²) in [4.78, 5) is 23.3. The fraction of sp³-hybridized carbons (Fsp3) is 0.333. The van der Waals surface area contributed by atoms with Gasteiger partial charge in [0.25, 0.3) is 0 Å². The summed E-state index contributed by atoms with van der Waals surface area (Å²) >= 11 is 0. The van der Waals surface area contributed by atoms with Crippen molar-refractivity contribution in [2.75, 3.05) is 11.9 Å². The standard InChI is InChI=1S/C18H23N3O5S/c1-13(2)19-18(23)12-21(11-16-5-4-10-26-16)27(24,25)17-8-6-15(7-9-17)20-14(3)22/h4-10,13H,11-12H2,1-3H3,(H,19,23)(H,20,22). The van der Waals surface area contributed by atoms with Crippen LogP contribution < -0.4 is 10.6 Å². The molecular formula is C18H23N3O5S. The van der Waals surface area contributed by atoms with Gasteiger partial charge in [-0.1, -0.05) is 0 Å². The number of hydrogen-bond donors (Lipinski definition) is 2. The number of amides is 2. The molecule has 0 saturated carbocycles. The Balaban J connectivity index is 2.28. The minimum atomic E-state index is -3.95. The molecular weight excluding hydrogens is 370 g/mol. The van der Waals surface area contributed by atoms with Crippen molar-refractivity contribution in [2.24, 2.45) is 0 Å². The van der Waals surface area contributed by atoms with Gasteiger partial charge in [0.2, 0.25) is 21.8 Å². The van der Waals surface area contributed by atoms with Gasteiger partial charge in [-0.05, 0) is 50.2 Å². The maximum Gasteiger partial charge on any atom is 0.243 e. The number of carbonyl (C=O) groups is 2. The lowest BCUT2D eigenvalue weighted by Gasteiger charge is -2.21. The maximum atomic E-state index is 13.0. The monoisotopic (exact) mass is 393 g/mol. The molecule has 0 spiro atoms. The van der Waals surface area contributed by atoms with Crippen LogP contribution in [0.15, 0.2) is 52.0 Å². The largest absolute Gasteiger partial charge is 0.468 e. The molecule has 2 rings (SSSR count). The van der Waals surface area contributed by atoms with Crippen molar-refractivity contribution in [3.63, 3.8) is 0 Å². The zero-order valence-corrected chi connectivity index (χ0v) is 16.2. The van der Waals surface area contributed by atoms with Crippen molar-refractivity contribution in [2.45, 2.75) is 38.3 Å². The van der Waals surface area contributed by atoms with Crippen LogP contribution in [0.3, 0.4) is 0 Å². The minimum Gasteiger partial charge on any atom is -0.468 e. The second-order valence-electron chi connectivity index (χ2n) is 6.28. The molecule has 0 saturated heterocycles. The summed E-state index contributed by atoms with van der Waals surface area (Å²) in [5, 5.41) is 5.26. The molecule has 9 heteroatoms. The Bertz CT molecular complexity index is 874. The number of hydrogen-bond acceptors (Lipinski definition) is 5. The Morgan fingerprint density at radius 3 is 2.33 bits per heavy atom. The van der Waals surface area contributed by atoms with Crippen LogP contribution in [0, 0.1) is 0 Å². The van der Waals surface area contributed by atoms with Crippen LogP contribution in [0.4, 0.5) is 5.69 Å². The summed E-state index contributed by atoms with van der Waals surface area (Å²) in [6, 6.07) is 8.94. The van der Waals surface area contributed by atoms with E-state index in [1.807, 2.05) is 0 Å². The number of sulfonamides is 1. The molecule has 1 aromatic heterocycles. The van der Waals surface area contributed by atoms with E-state index in [1.165, 1.54) is 37.5 Å². The highest BCUT2D eigenvalue weighted by atomic mass is 32.2. The highest BCUT2D eigenvalue weighted by Crippen LogP contribution is 2.20. The minimum absolute atomic E-state index is 0.0144. The average Bonchev–Trinajstić information content (AvgIpc) is 3.06. The van der Waals surface area contributed by atoms with Gasteiger partial charge in [-0.15, -0.1) is 0 Å². The third kappa shape index (κ3) is 5.93. The van der Waals surface area contributed by atoms with Crippen LogP contribution in [-0.4, -0.2) is 37.1 Å². The summed E-state index contributed by atoms with van der Waals surface area (Å²) in [5.74, 6) is -0.240. The SMILES string of the molecule is CC(=O)Nc1ccc(S(=O)(=O)N(CC(=O)NC(C)C)Cc2ccco2)cc1. The summed E-state index contributed by atoms with van der Waals surface area (Å²) in [6.07, 6.45) is 1.44. The van der Waals surface area contributed by atoms with Gasteiger partial charge >= 0.3 is 0 Å². The van der Waals surface area contributed by atoms with Gasteiger partial charge in [-0.2, -0.15) is 4.31 Å². The predicted molar refractivity (Wildman–Crippen MR) is 100 cm³/mol. The van der Waals surface area contributed by atoms with E-state index in [-0.39, 0.29) is 29.9 Å². The lowest BCUT2D eigenvalue weighted by molar-refractivity contribution is -0.122. The Hall–Kier alpha value is -2.65. The number of carbonyl (C=O) groups excluding carboxylic acids is 2. The Labute approximate surface area is 158 Å². The third-order valence-corrected chi connectivity index (χ3v) is 5.30. The first-order chi connectivity index (χ1) is 12.7. The summed E-state index contributed by atoms with van der Waals surface area (Å²) in [7, 11) is -3.95. The fourth-order valence-electron chi connectivity index (χ4n) is 2.39. The average molecular weight is 393 g/mol. The molecule has 8 nitrogen and oxygen atoms in total. The summed E-state index contributed by atoms with van der Waals surface area (Å²) < 4.78 is 32.3. The number of furan rings is 1. The second kappa shape index (κ2) is 8.83. The number of nitrogens with one attached hydrogen (secondary N) is 2. The van der Waals surface area contributed by atoms with E-state index >= 15 is 0 Å². The Kier molecular flexibility index (Phi) is 6.75. The zero-order chi connectivity index (χ0) is 20.0. The molecule has 0 radical (unpaired) electrons. The van der Waals surface area contributed by atoms with E-state index in [4.69, 9.17) is 4.42 Å². The maximum absolute atomic E-state index is 13.0. The molecule has 0 aliphatic rings. The number of rotatable bonds is 8. The van der Waals surface area contributed by atoms with Crippen LogP contribution in [0.1, 0.15) is 26.5 Å². The van der Waals surface area contributed by atoms with E-state index in [1.54, 1.807) is 26.0 Å². The molecule has 0 atom stereocenters. The van der Waals surface area contributed by atoms with Crippen LogP contribution in [0.5, 0.6) is 0 Å². The first-order valence-electron chi connectivity index (χ1n) is 8.38. The van der Waals surface area contributed by atoms with Gasteiger partial charge in [-0.3, -0.25) is 9.59 Å². The molecule has 1 heterocycles. The first-order valence-corrected chi connectivity index (χ1v) is 9.82. The fourth-order valence-corrected chi connectivity index (χ4v) is 3.76. The van der Waals surface area contributed by atoms with Crippen LogP contribution in [-0.2, 0) is 26.2 Å². The highest BCUT2D eigenvalue weighted by molar-refractivity contribution is 7.89. The molecule has 0 unspecified atom stereocenters. The van der Waals surface area contributed by atoms with Crippen LogP contribution in [0.2, 0.25) is 0 Å². The third-order valence-electron chi connectivity index (χ3n) is 3.49. The lowest BCUT2D eigenvalue weighted by Crippen LogP contribution is -2.42. The summed E-state index contributed by atoms with van der Waals surface area (Å²) in [6.45, 7) is 4.54. The van der Waals surface area contributed by atoms with Crippen molar-refractivity contribution in [1.82, 2.24) is 9.62 Å². The van der Waals surface area contributed by atoms with Gasteiger partial charge < -0.3 is 15.1 Å². The van der Waals surface area contributed by atoms with Gasteiger partial charge in [0.1, 0.15) is 5.76 Å². The van der Waals surface area contributed by atoms with Gasteiger partial charge in [-0.25, -0.2) is 8.42 Å². The van der Waals surface area contributed by atoms with Crippen molar-refractivity contribution in [3.05, 3.63) is 48.4 Å². The summed E-state index contributed by atoms with van der Waals surface area (Å²) in [5.41, 5.74) is 0.483. The highest BCUT2D eigenvalue weighted by Gasteiger charge is 2.28. The molecule has 0 fully saturated rings. The van der Waals surface area contributed by atoms with Crippen molar-refractivity contribution >= 4 is 27.5 Å². The van der Waals surface area contributed by atoms with Gasteiger partial charge in [0.15, 0.2) is 0 Å². The molecule has 0 aliphatic carbocycles. The molecule has 27 heavy (non-hydrogen) atoms. The van der Waals surface area contributed by atoms with Crippen LogP contribution in [0.25, 0.3) is 0 Å². The van der Waals surface area contributed by atoms with E-state index in [0.717, 1.165) is 4.31 Å². The molecule has 0 aliphatic heterocycles. The van der Waals surface area contributed by atoms with E-state index < -0.39 is 15.9 Å². The Morgan fingerprint density at radius 1 is 1.15 bits per heavy atom. The van der Waals surface area contributed by atoms with E-state index in [0.29, 0.717) is 11.4 Å². The normalized spacial score (nSPS) is 11.6. The van der Waals surface area contributed by atoms with Crippen molar-refractivity contribution in [3.8, 4) is 0 Å². The second-order valence-corrected chi connectivity index (χ2v) is 8.22. The zero-order valence-electron chi connectivity index (χ0n) is 15.4. The van der Waals surface area contributed by atoms with Crippen molar-refractivity contribution < 1.29 is 22.4 Å². The number of benzene rings is 1. The number of nitrogens with zero attached hydrogens (tertiary/aromatic N) is 1. The molecule has 146 valence electrons. The van der Waals surface area contributed by atoms with E-state index in [2.05, 4.69) is 10.6 Å². The molecule has 2 amide bonds. The smallest absolute Gasteiger partial charge is 0.243 e.